The lowest BCUT2D eigenvalue weighted by Crippen LogP contribution is -2.03. The number of anilines is 1. The first-order valence-electron chi connectivity index (χ1n) is 6.83. The Morgan fingerprint density at radius 2 is 1.95 bits per heavy atom. The van der Waals surface area contributed by atoms with E-state index in [1.165, 1.54) is 0 Å². The van der Waals surface area contributed by atoms with Gasteiger partial charge in [-0.25, -0.2) is 9.97 Å². The lowest BCUT2D eigenvalue weighted by atomic mass is 10.1. The van der Waals surface area contributed by atoms with Gasteiger partial charge in [0.15, 0.2) is 5.82 Å². The Morgan fingerprint density at radius 1 is 1.14 bits per heavy atom. The zero-order valence-electron chi connectivity index (χ0n) is 11.9. The Balaban J connectivity index is 2.28. The van der Waals surface area contributed by atoms with Crippen molar-refractivity contribution in [1.82, 2.24) is 15.0 Å². The summed E-state index contributed by atoms with van der Waals surface area (Å²) in [5.41, 5.74) is 2.94. The van der Waals surface area contributed by atoms with Gasteiger partial charge in [0, 0.05) is 24.2 Å². The maximum absolute atomic E-state index is 4.69. The number of para-hydroxylation sites is 1. The van der Waals surface area contributed by atoms with Crippen LogP contribution in [-0.4, -0.2) is 22.0 Å². The first kappa shape index (κ1) is 13.9. The second-order valence-electron chi connectivity index (χ2n) is 4.64. The van der Waals surface area contributed by atoms with E-state index in [1.807, 2.05) is 37.4 Å². The van der Waals surface area contributed by atoms with Crippen molar-refractivity contribution in [3.05, 3.63) is 46.7 Å². The van der Waals surface area contributed by atoms with E-state index >= 15 is 0 Å². The fourth-order valence-electron chi connectivity index (χ4n) is 2.30. The molecule has 0 fully saturated rings. The van der Waals surface area contributed by atoms with E-state index in [1.54, 1.807) is 6.20 Å². The van der Waals surface area contributed by atoms with Crippen molar-refractivity contribution in [2.45, 2.75) is 13.3 Å². The van der Waals surface area contributed by atoms with Crippen LogP contribution < -0.4 is 5.32 Å². The van der Waals surface area contributed by atoms with Gasteiger partial charge < -0.3 is 5.32 Å². The van der Waals surface area contributed by atoms with Crippen LogP contribution >= 0.6 is 15.9 Å². The van der Waals surface area contributed by atoms with Crippen LogP contribution in [0.2, 0.25) is 0 Å². The molecule has 0 unspecified atom stereocenters. The van der Waals surface area contributed by atoms with Gasteiger partial charge in [-0.3, -0.25) is 4.98 Å². The number of rotatable bonds is 3. The molecule has 0 spiro atoms. The molecule has 106 valence electrons. The summed E-state index contributed by atoms with van der Waals surface area (Å²) < 4.78 is 0.926. The van der Waals surface area contributed by atoms with Gasteiger partial charge in [0.05, 0.1) is 15.7 Å². The van der Waals surface area contributed by atoms with Crippen LogP contribution in [0, 0.1) is 0 Å². The first-order valence-corrected chi connectivity index (χ1v) is 7.62. The maximum Gasteiger partial charge on any atom is 0.162 e. The third-order valence-corrected chi connectivity index (χ3v) is 4.21. The molecule has 4 nitrogen and oxygen atoms in total. The molecule has 0 aliphatic carbocycles. The summed E-state index contributed by atoms with van der Waals surface area (Å²) in [4.78, 5) is 13.7. The summed E-state index contributed by atoms with van der Waals surface area (Å²) in [6.07, 6.45) is 2.64. The molecule has 21 heavy (non-hydrogen) atoms. The lowest BCUT2D eigenvalue weighted by molar-refractivity contribution is 0.992. The van der Waals surface area contributed by atoms with Crippen LogP contribution in [0.25, 0.3) is 22.3 Å². The van der Waals surface area contributed by atoms with Gasteiger partial charge in [0.25, 0.3) is 0 Å². The van der Waals surface area contributed by atoms with E-state index in [4.69, 9.17) is 4.98 Å². The predicted octanol–water partition coefficient (Wildman–Crippen LogP) is 4.06. The smallest absolute Gasteiger partial charge is 0.162 e. The summed E-state index contributed by atoms with van der Waals surface area (Å²) in [6, 6.07) is 10.00. The second-order valence-corrected chi connectivity index (χ2v) is 5.43. The predicted molar refractivity (Wildman–Crippen MR) is 89.4 cm³/mol. The van der Waals surface area contributed by atoms with Crippen LogP contribution in [0.3, 0.4) is 0 Å². The van der Waals surface area contributed by atoms with E-state index in [-0.39, 0.29) is 0 Å². The first-order chi connectivity index (χ1) is 10.2. The van der Waals surface area contributed by atoms with Gasteiger partial charge in [0.2, 0.25) is 0 Å². The lowest BCUT2D eigenvalue weighted by Gasteiger charge is -2.11. The standard InChI is InChI=1S/C16H15BrN4/c1-3-12-14(17)16(18-2)21-15(20-12)11-8-9-19-13-7-5-4-6-10(11)13/h4-9H,3H2,1-2H3,(H,18,20,21). The molecule has 0 saturated carbocycles. The van der Waals surface area contributed by atoms with Gasteiger partial charge in [0.1, 0.15) is 5.82 Å². The fourth-order valence-corrected chi connectivity index (χ4v) is 2.96. The fraction of sp³-hybridized carbons (Fsp3) is 0.188. The number of halogens is 1. The molecule has 2 heterocycles. The van der Waals surface area contributed by atoms with Gasteiger partial charge in [-0.1, -0.05) is 25.1 Å². The second kappa shape index (κ2) is 5.77. The molecule has 0 aliphatic rings. The molecule has 2 aromatic heterocycles. The Hall–Kier alpha value is -2.01. The highest BCUT2D eigenvalue weighted by atomic mass is 79.9. The topological polar surface area (TPSA) is 50.7 Å². The minimum atomic E-state index is 0.720. The number of hydrogen-bond donors (Lipinski definition) is 1. The van der Waals surface area contributed by atoms with E-state index in [2.05, 4.69) is 38.1 Å². The number of benzene rings is 1. The number of nitrogens with zero attached hydrogens (tertiary/aromatic N) is 3. The zero-order chi connectivity index (χ0) is 14.8. The highest BCUT2D eigenvalue weighted by Gasteiger charge is 2.13. The molecule has 0 bridgehead atoms. The van der Waals surface area contributed by atoms with Crippen LogP contribution in [-0.2, 0) is 6.42 Å². The van der Waals surface area contributed by atoms with Crippen LogP contribution in [0.5, 0.6) is 0 Å². The molecular formula is C16H15BrN4. The molecular weight excluding hydrogens is 328 g/mol. The molecule has 0 saturated heterocycles. The summed E-state index contributed by atoms with van der Waals surface area (Å²) in [6.45, 7) is 2.08. The van der Waals surface area contributed by atoms with Crippen molar-refractivity contribution in [3.63, 3.8) is 0 Å². The van der Waals surface area contributed by atoms with Gasteiger partial charge in [-0.2, -0.15) is 0 Å². The van der Waals surface area contributed by atoms with Gasteiger partial charge in [-0.05, 0) is 34.5 Å². The van der Waals surface area contributed by atoms with Crippen LogP contribution in [0.4, 0.5) is 5.82 Å². The van der Waals surface area contributed by atoms with Crippen molar-refractivity contribution in [2.75, 3.05) is 12.4 Å². The quantitative estimate of drug-likeness (QED) is 0.779. The molecule has 0 aliphatic heterocycles. The average molecular weight is 343 g/mol. The molecule has 1 aromatic carbocycles. The molecule has 5 heteroatoms. The minimum absolute atomic E-state index is 0.720. The van der Waals surface area contributed by atoms with Crippen molar-refractivity contribution >= 4 is 32.7 Å². The highest BCUT2D eigenvalue weighted by Crippen LogP contribution is 2.30. The Bertz CT molecular complexity index is 771. The number of nitrogens with one attached hydrogen (secondary N) is 1. The van der Waals surface area contributed by atoms with E-state index < -0.39 is 0 Å². The van der Waals surface area contributed by atoms with Crippen molar-refractivity contribution < 1.29 is 0 Å². The van der Waals surface area contributed by atoms with Crippen molar-refractivity contribution in [2.24, 2.45) is 0 Å². The van der Waals surface area contributed by atoms with Crippen LogP contribution in [0.15, 0.2) is 41.0 Å². The van der Waals surface area contributed by atoms with Crippen LogP contribution in [0.1, 0.15) is 12.6 Å². The zero-order valence-corrected chi connectivity index (χ0v) is 13.5. The largest absolute Gasteiger partial charge is 0.372 e. The highest BCUT2D eigenvalue weighted by molar-refractivity contribution is 9.10. The summed E-state index contributed by atoms with van der Waals surface area (Å²) in [5.74, 6) is 1.52. The SMILES string of the molecule is CCc1nc(-c2ccnc3ccccc23)nc(NC)c1Br. The molecule has 0 amide bonds. The Morgan fingerprint density at radius 3 is 2.71 bits per heavy atom. The van der Waals surface area contributed by atoms with Gasteiger partial charge >= 0.3 is 0 Å². The number of aromatic nitrogens is 3. The Kier molecular flexibility index (Phi) is 3.84. The third kappa shape index (κ3) is 2.49. The number of pyridine rings is 1. The van der Waals surface area contributed by atoms with E-state index in [0.717, 1.165) is 44.7 Å². The Labute approximate surface area is 131 Å². The summed E-state index contributed by atoms with van der Waals surface area (Å²) in [7, 11) is 1.86. The van der Waals surface area contributed by atoms with Crippen molar-refractivity contribution in [3.8, 4) is 11.4 Å². The third-order valence-electron chi connectivity index (χ3n) is 3.38. The maximum atomic E-state index is 4.69. The monoisotopic (exact) mass is 342 g/mol. The summed E-state index contributed by atoms with van der Waals surface area (Å²) >= 11 is 3.56. The summed E-state index contributed by atoms with van der Waals surface area (Å²) in [5, 5.41) is 4.18. The minimum Gasteiger partial charge on any atom is -0.372 e. The van der Waals surface area contributed by atoms with Gasteiger partial charge in [-0.15, -0.1) is 0 Å². The number of hydrogen-bond acceptors (Lipinski definition) is 4. The normalized spacial score (nSPS) is 10.8. The molecule has 3 rings (SSSR count). The molecule has 0 atom stereocenters. The molecule has 3 aromatic rings. The number of fused-ring (bicyclic) bond motifs is 1. The number of aryl methyl sites for hydroxylation is 1. The van der Waals surface area contributed by atoms with Crippen molar-refractivity contribution in [1.29, 1.82) is 0 Å². The molecule has 0 radical (unpaired) electrons. The molecule has 1 N–H and O–H groups in total. The van der Waals surface area contributed by atoms with E-state index in [9.17, 15) is 0 Å². The van der Waals surface area contributed by atoms with E-state index in [0.29, 0.717) is 0 Å². The average Bonchev–Trinajstić information content (AvgIpc) is 2.54.